The van der Waals surface area contributed by atoms with Gasteiger partial charge in [0, 0.05) is 18.7 Å². The van der Waals surface area contributed by atoms with Gasteiger partial charge in [-0.05, 0) is 31.0 Å². The van der Waals surface area contributed by atoms with Gasteiger partial charge >= 0.3 is 6.03 Å². The topological polar surface area (TPSA) is 91.0 Å². The molecule has 19 heavy (non-hydrogen) atoms. The van der Waals surface area contributed by atoms with E-state index in [1.54, 1.807) is 17.0 Å². The first-order valence-electron chi connectivity index (χ1n) is 5.95. The molecule has 0 radical (unpaired) electrons. The van der Waals surface area contributed by atoms with Crippen molar-refractivity contribution in [2.45, 2.75) is 12.8 Å². The van der Waals surface area contributed by atoms with E-state index in [4.69, 9.17) is 22.5 Å². The molecule has 0 spiro atoms. The molecule has 1 saturated heterocycles. The third-order valence-corrected chi connectivity index (χ3v) is 3.32. The van der Waals surface area contributed by atoms with Gasteiger partial charge in [0.1, 0.15) is 0 Å². The molecule has 7 heteroatoms. The number of benzene rings is 1. The fraction of sp³-hybridized carbons (Fsp3) is 0.333. The van der Waals surface area contributed by atoms with Crippen molar-refractivity contribution in [3.05, 3.63) is 28.8 Å². The van der Waals surface area contributed by atoms with Gasteiger partial charge in [-0.15, -0.1) is 0 Å². The highest BCUT2D eigenvalue weighted by Crippen LogP contribution is 2.24. The second-order valence-electron chi connectivity index (χ2n) is 4.30. The number of rotatable bonds is 2. The van der Waals surface area contributed by atoms with E-state index in [0.29, 0.717) is 16.3 Å². The normalized spacial score (nSPS) is 15.6. The van der Waals surface area contributed by atoms with Gasteiger partial charge in [-0.3, -0.25) is 0 Å². The molecule has 1 fully saturated rings. The number of nitrogens with one attached hydrogen (secondary N) is 1. The zero-order chi connectivity index (χ0) is 13.8. The van der Waals surface area contributed by atoms with Crippen LogP contribution in [0.1, 0.15) is 18.4 Å². The number of nitrogens with two attached hydrogens (primary N) is 1. The predicted molar refractivity (Wildman–Crippen MR) is 73.8 cm³/mol. The molecule has 4 N–H and O–H groups in total. The van der Waals surface area contributed by atoms with E-state index < -0.39 is 0 Å². The summed E-state index contributed by atoms with van der Waals surface area (Å²) in [4.78, 5) is 13.7. The van der Waals surface area contributed by atoms with E-state index in [2.05, 4.69) is 10.5 Å². The summed E-state index contributed by atoms with van der Waals surface area (Å²) in [5.74, 6) is -0.0284. The van der Waals surface area contributed by atoms with Gasteiger partial charge in [0.25, 0.3) is 0 Å². The quantitative estimate of drug-likeness (QED) is 0.336. The van der Waals surface area contributed by atoms with Crippen LogP contribution in [0.4, 0.5) is 10.5 Å². The van der Waals surface area contributed by atoms with E-state index in [-0.39, 0.29) is 11.9 Å². The molecule has 2 rings (SSSR count). The summed E-state index contributed by atoms with van der Waals surface area (Å²) in [5, 5.41) is 14.6. The maximum Gasteiger partial charge on any atom is 0.321 e. The first-order valence-corrected chi connectivity index (χ1v) is 6.33. The van der Waals surface area contributed by atoms with Crippen molar-refractivity contribution >= 4 is 29.2 Å². The predicted octanol–water partition coefficient (Wildman–Crippen LogP) is 2.06. The number of likely N-dealkylation sites (tertiary alicyclic amines) is 1. The zero-order valence-corrected chi connectivity index (χ0v) is 11.0. The molecule has 0 aromatic heterocycles. The molecule has 1 aliphatic rings. The molecule has 1 aromatic carbocycles. The first kappa shape index (κ1) is 13.5. The van der Waals surface area contributed by atoms with Crippen molar-refractivity contribution in [1.29, 1.82) is 0 Å². The smallest absolute Gasteiger partial charge is 0.321 e. The molecule has 0 unspecified atom stereocenters. The Balaban J connectivity index is 2.10. The van der Waals surface area contributed by atoms with E-state index >= 15 is 0 Å². The van der Waals surface area contributed by atoms with Crippen molar-refractivity contribution in [1.82, 2.24) is 4.90 Å². The number of carbonyl (C=O) groups excluding carboxylic acids is 1. The summed E-state index contributed by atoms with van der Waals surface area (Å²) in [7, 11) is 0. The highest BCUT2D eigenvalue weighted by atomic mass is 35.5. The zero-order valence-electron chi connectivity index (χ0n) is 10.3. The number of hydrogen-bond donors (Lipinski definition) is 3. The van der Waals surface area contributed by atoms with E-state index in [1.807, 2.05) is 0 Å². The van der Waals surface area contributed by atoms with Gasteiger partial charge in [-0.25, -0.2) is 4.79 Å². The third kappa shape index (κ3) is 3.08. The van der Waals surface area contributed by atoms with Crippen molar-refractivity contribution < 1.29 is 10.0 Å². The van der Waals surface area contributed by atoms with Crippen molar-refractivity contribution in [3.63, 3.8) is 0 Å². The summed E-state index contributed by atoms with van der Waals surface area (Å²) in [6.07, 6.45) is 2.06. The molecule has 0 saturated carbocycles. The maximum atomic E-state index is 11.9. The molecule has 2 amide bonds. The molecule has 0 atom stereocenters. The summed E-state index contributed by atoms with van der Waals surface area (Å²) >= 11 is 6.06. The van der Waals surface area contributed by atoms with Crippen LogP contribution in [0.15, 0.2) is 23.4 Å². The number of urea groups is 1. The third-order valence-electron chi connectivity index (χ3n) is 3.01. The molecule has 102 valence electrons. The van der Waals surface area contributed by atoms with Crippen LogP contribution in [0.5, 0.6) is 0 Å². The van der Waals surface area contributed by atoms with Crippen LogP contribution >= 0.6 is 11.6 Å². The van der Waals surface area contributed by atoms with Gasteiger partial charge in [0.15, 0.2) is 5.84 Å². The standard InChI is InChI=1S/C12H15ClN4O2/c13-9-7-8(11(14)16-19)3-4-10(9)15-12(18)17-5-1-2-6-17/h3-4,7,19H,1-2,5-6H2,(H2,14,16)(H,15,18). The first-order chi connectivity index (χ1) is 9.11. The van der Waals surface area contributed by atoms with Crippen LogP contribution in [-0.4, -0.2) is 35.1 Å². The van der Waals surface area contributed by atoms with Gasteiger partial charge in [-0.1, -0.05) is 16.8 Å². The van der Waals surface area contributed by atoms with Crippen LogP contribution < -0.4 is 11.1 Å². The lowest BCUT2D eigenvalue weighted by Gasteiger charge is -2.17. The van der Waals surface area contributed by atoms with Gasteiger partial charge in [-0.2, -0.15) is 0 Å². The van der Waals surface area contributed by atoms with Gasteiger partial charge in [0.05, 0.1) is 10.7 Å². The summed E-state index contributed by atoms with van der Waals surface area (Å²) < 4.78 is 0. The monoisotopic (exact) mass is 282 g/mol. The number of halogens is 1. The fourth-order valence-electron chi connectivity index (χ4n) is 1.95. The number of amidine groups is 1. The SMILES string of the molecule is N/C(=N/O)c1ccc(NC(=O)N2CCCC2)c(Cl)c1. The highest BCUT2D eigenvalue weighted by Gasteiger charge is 2.18. The minimum atomic E-state index is -0.157. The molecule has 0 bridgehead atoms. The fourth-order valence-corrected chi connectivity index (χ4v) is 2.18. The Morgan fingerprint density at radius 3 is 2.68 bits per heavy atom. The van der Waals surface area contributed by atoms with Gasteiger partial charge < -0.3 is 21.2 Å². The number of nitrogens with zero attached hydrogens (tertiary/aromatic N) is 2. The number of carbonyl (C=O) groups is 1. The minimum Gasteiger partial charge on any atom is -0.409 e. The molecular weight excluding hydrogens is 268 g/mol. The molecule has 1 heterocycles. The Labute approximate surface area is 115 Å². The van der Waals surface area contributed by atoms with Crippen molar-refractivity contribution in [2.24, 2.45) is 10.9 Å². The average molecular weight is 283 g/mol. The lowest BCUT2D eigenvalue weighted by Crippen LogP contribution is -2.32. The summed E-state index contributed by atoms with van der Waals surface area (Å²) in [6, 6.07) is 4.64. The second-order valence-corrected chi connectivity index (χ2v) is 4.71. The Bertz CT molecular complexity index is 512. The molecule has 1 aliphatic heterocycles. The number of oxime groups is 1. The molecule has 1 aromatic rings. The lowest BCUT2D eigenvalue weighted by atomic mass is 10.2. The Morgan fingerprint density at radius 1 is 1.42 bits per heavy atom. The van der Waals surface area contributed by atoms with Crippen LogP contribution in [0, 0.1) is 0 Å². The Morgan fingerprint density at radius 2 is 2.11 bits per heavy atom. The lowest BCUT2D eigenvalue weighted by molar-refractivity contribution is 0.222. The molecule has 6 nitrogen and oxygen atoms in total. The highest BCUT2D eigenvalue weighted by molar-refractivity contribution is 6.34. The molecule has 0 aliphatic carbocycles. The largest absolute Gasteiger partial charge is 0.409 e. The van der Waals surface area contributed by atoms with E-state index in [9.17, 15) is 4.79 Å². The number of amides is 2. The summed E-state index contributed by atoms with van der Waals surface area (Å²) in [5.41, 5.74) is 6.46. The van der Waals surface area contributed by atoms with Crippen LogP contribution in [0.2, 0.25) is 5.02 Å². The minimum absolute atomic E-state index is 0.0284. The van der Waals surface area contributed by atoms with Crippen LogP contribution in [-0.2, 0) is 0 Å². The Hall–Kier alpha value is -1.95. The van der Waals surface area contributed by atoms with E-state index in [1.165, 1.54) is 6.07 Å². The maximum absolute atomic E-state index is 11.9. The van der Waals surface area contributed by atoms with Crippen molar-refractivity contribution in [3.8, 4) is 0 Å². The van der Waals surface area contributed by atoms with E-state index in [0.717, 1.165) is 25.9 Å². The number of anilines is 1. The average Bonchev–Trinajstić information content (AvgIpc) is 2.94. The Kier molecular flexibility index (Phi) is 4.11. The van der Waals surface area contributed by atoms with Gasteiger partial charge in [0.2, 0.25) is 0 Å². The van der Waals surface area contributed by atoms with Crippen LogP contribution in [0.3, 0.4) is 0 Å². The van der Waals surface area contributed by atoms with Crippen LogP contribution in [0.25, 0.3) is 0 Å². The summed E-state index contributed by atoms with van der Waals surface area (Å²) in [6.45, 7) is 1.54. The van der Waals surface area contributed by atoms with Crippen molar-refractivity contribution in [2.75, 3.05) is 18.4 Å². The molecular formula is C12H15ClN4O2. The number of hydrogen-bond acceptors (Lipinski definition) is 3. The second kappa shape index (κ2) is 5.79.